The molecule has 0 aliphatic heterocycles. The Bertz CT molecular complexity index is 811. The van der Waals surface area contributed by atoms with E-state index in [0.29, 0.717) is 5.75 Å². The minimum atomic E-state index is 0.694. The molecule has 24 heavy (non-hydrogen) atoms. The van der Waals surface area contributed by atoms with Gasteiger partial charge < -0.3 is 4.74 Å². The van der Waals surface area contributed by atoms with Gasteiger partial charge in [-0.05, 0) is 36.8 Å². The van der Waals surface area contributed by atoms with Gasteiger partial charge in [0.15, 0.2) is 5.75 Å². The largest absolute Gasteiger partial charge is 0.449 e. The maximum Gasteiger partial charge on any atom is 0.241 e. The number of pyridine rings is 3. The lowest BCUT2D eigenvalue weighted by molar-refractivity contribution is -0.639. The highest BCUT2D eigenvalue weighted by atomic mass is 32.2. The molecular weight excluding hydrogens is 320 g/mol. The molecule has 0 aliphatic rings. The monoisotopic (exact) mass is 339 g/mol. The first-order valence-electron chi connectivity index (χ1n) is 7.70. The number of thioether (sulfide) groups is 1. The van der Waals surface area contributed by atoms with E-state index in [4.69, 9.17) is 10.6 Å². The summed E-state index contributed by atoms with van der Waals surface area (Å²) in [6.45, 7) is 2.05. The van der Waals surface area contributed by atoms with Gasteiger partial charge in [-0.15, -0.1) is 11.8 Å². The van der Waals surface area contributed by atoms with Crippen molar-refractivity contribution in [1.82, 2.24) is 9.97 Å². The van der Waals surface area contributed by atoms with Gasteiger partial charge in [-0.3, -0.25) is 4.98 Å². The Labute approximate surface area is 145 Å². The van der Waals surface area contributed by atoms with Crippen LogP contribution in [0.2, 0.25) is 0 Å². The zero-order valence-electron chi connectivity index (χ0n) is 13.4. The summed E-state index contributed by atoms with van der Waals surface area (Å²) in [5.74, 6) is 8.16. The molecule has 3 aromatic heterocycles. The molecule has 0 saturated carbocycles. The molecule has 0 aliphatic carbocycles. The van der Waals surface area contributed by atoms with Crippen molar-refractivity contribution in [2.45, 2.75) is 24.1 Å². The zero-order valence-corrected chi connectivity index (χ0v) is 14.2. The van der Waals surface area contributed by atoms with Crippen molar-refractivity contribution in [3.63, 3.8) is 0 Å². The van der Waals surface area contributed by atoms with Gasteiger partial charge in [-0.25, -0.2) is 10.8 Å². The number of hydrogen-bond acceptors (Lipinski definition) is 5. The predicted octanol–water partition coefficient (Wildman–Crippen LogP) is 3.12. The Hall–Kier alpha value is -2.60. The van der Waals surface area contributed by atoms with Crippen LogP contribution < -0.4 is 15.3 Å². The summed E-state index contributed by atoms with van der Waals surface area (Å²) in [5.41, 5.74) is 1.99. The summed E-state index contributed by atoms with van der Waals surface area (Å²) >= 11 is 1.66. The number of nitrogens with two attached hydrogens (primary N) is 1. The van der Waals surface area contributed by atoms with Gasteiger partial charge in [0, 0.05) is 23.7 Å². The molecule has 6 heteroatoms. The minimum Gasteiger partial charge on any atom is -0.449 e. The highest BCUT2D eigenvalue weighted by molar-refractivity contribution is 7.98. The van der Waals surface area contributed by atoms with Gasteiger partial charge in [0.2, 0.25) is 12.4 Å². The van der Waals surface area contributed by atoms with E-state index in [1.807, 2.05) is 42.6 Å². The molecular formula is C18H19N4OS+. The van der Waals surface area contributed by atoms with Gasteiger partial charge in [-0.2, -0.15) is 0 Å². The van der Waals surface area contributed by atoms with Crippen molar-refractivity contribution in [3.8, 4) is 11.5 Å². The van der Waals surface area contributed by atoms with E-state index in [0.717, 1.165) is 34.2 Å². The molecule has 0 atom stereocenters. The first kappa shape index (κ1) is 16.3. The molecule has 0 saturated heterocycles. The third kappa shape index (κ3) is 4.23. The first-order chi connectivity index (χ1) is 11.7. The van der Waals surface area contributed by atoms with Gasteiger partial charge >= 0.3 is 0 Å². The lowest BCUT2D eigenvalue weighted by atomic mass is 10.2. The number of nitrogens with zero attached hydrogens (tertiary/aromatic N) is 3. The van der Waals surface area contributed by atoms with Crippen molar-refractivity contribution in [3.05, 3.63) is 72.4 Å². The molecule has 0 bridgehead atoms. The Morgan fingerprint density at radius 2 is 2.00 bits per heavy atom. The van der Waals surface area contributed by atoms with E-state index in [1.54, 1.807) is 30.4 Å². The summed E-state index contributed by atoms with van der Waals surface area (Å²) in [7, 11) is 0. The fourth-order valence-corrected chi connectivity index (χ4v) is 3.05. The number of ether oxygens (including phenoxy) is 1. The topological polar surface area (TPSA) is 64.9 Å². The van der Waals surface area contributed by atoms with Gasteiger partial charge in [0.1, 0.15) is 5.75 Å². The number of rotatable bonds is 6. The summed E-state index contributed by atoms with van der Waals surface area (Å²) in [6, 6.07) is 11.7. The van der Waals surface area contributed by atoms with Crippen LogP contribution in [0.5, 0.6) is 11.5 Å². The quantitative estimate of drug-likeness (QED) is 0.425. The molecule has 3 heterocycles. The summed E-state index contributed by atoms with van der Waals surface area (Å²) < 4.78 is 7.51. The summed E-state index contributed by atoms with van der Waals surface area (Å²) in [6.07, 6.45) is 8.01. The van der Waals surface area contributed by atoms with E-state index in [9.17, 15) is 0 Å². The molecule has 0 aromatic carbocycles. The Balaban J connectivity index is 1.76. The molecule has 122 valence electrons. The Morgan fingerprint density at radius 1 is 1.12 bits per heavy atom. The maximum atomic E-state index is 5.99. The van der Waals surface area contributed by atoms with E-state index in [-0.39, 0.29) is 0 Å². The van der Waals surface area contributed by atoms with Crippen LogP contribution in [-0.4, -0.2) is 9.97 Å². The molecule has 5 nitrogen and oxygen atoms in total. The van der Waals surface area contributed by atoms with Crippen molar-refractivity contribution in [2.24, 2.45) is 0 Å². The molecule has 0 amide bonds. The highest BCUT2D eigenvalue weighted by Gasteiger charge is 2.10. The summed E-state index contributed by atoms with van der Waals surface area (Å²) in [4.78, 5) is 8.65. The van der Waals surface area contributed by atoms with Gasteiger partial charge in [0.05, 0.1) is 10.7 Å². The van der Waals surface area contributed by atoms with Crippen LogP contribution in [0.3, 0.4) is 0 Å². The SMILES string of the molecule is CCc1ncccc1Oc1cc(CSc2ccccn2)c[n+](N)c1. The third-order valence-corrected chi connectivity index (χ3v) is 4.37. The fraction of sp³-hybridized carbons (Fsp3) is 0.167. The molecule has 3 rings (SSSR count). The standard InChI is InChI=1S/C18H19N4OS/c1-2-16-17(6-5-9-20-16)23-15-10-14(11-22(19)12-15)13-24-18-7-3-4-8-21-18/h3-12H,2,13,19H2,1H3/q+1. The average Bonchev–Trinajstić information content (AvgIpc) is 2.61. The second-order valence-electron chi connectivity index (χ2n) is 5.19. The van der Waals surface area contributed by atoms with Gasteiger partial charge in [-0.1, -0.05) is 17.7 Å². The molecule has 0 spiro atoms. The molecule has 3 aromatic rings. The normalized spacial score (nSPS) is 10.5. The predicted molar refractivity (Wildman–Crippen MR) is 94.3 cm³/mol. The van der Waals surface area contributed by atoms with Crippen LogP contribution in [0.1, 0.15) is 18.2 Å². The highest BCUT2D eigenvalue weighted by Crippen LogP contribution is 2.26. The first-order valence-corrected chi connectivity index (χ1v) is 8.69. The second kappa shape index (κ2) is 7.79. The van der Waals surface area contributed by atoms with Crippen molar-refractivity contribution >= 4 is 11.8 Å². The van der Waals surface area contributed by atoms with Crippen molar-refractivity contribution in [2.75, 3.05) is 5.84 Å². The molecule has 2 N–H and O–H groups in total. The summed E-state index contributed by atoms with van der Waals surface area (Å²) in [5, 5.41) is 0.980. The minimum absolute atomic E-state index is 0.694. The number of aryl methyl sites for hydroxylation is 1. The van der Waals surface area contributed by atoms with Crippen molar-refractivity contribution in [1.29, 1.82) is 0 Å². The average molecular weight is 339 g/mol. The van der Waals surface area contributed by atoms with Crippen molar-refractivity contribution < 1.29 is 9.41 Å². The maximum absolute atomic E-state index is 5.99. The van der Waals surface area contributed by atoms with Crippen LogP contribution in [0.15, 0.2) is 66.2 Å². The lowest BCUT2D eigenvalue weighted by Crippen LogP contribution is -2.43. The smallest absolute Gasteiger partial charge is 0.241 e. The molecule has 0 radical (unpaired) electrons. The fourth-order valence-electron chi connectivity index (χ4n) is 2.27. The number of aromatic nitrogens is 3. The van der Waals surface area contributed by atoms with E-state index in [1.165, 1.54) is 4.68 Å². The number of nitrogen functional groups attached to an aromatic ring is 1. The third-order valence-electron chi connectivity index (χ3n) is 3.35. The van der Waals surface area contributed by atoms with Crippen LogP contribution in [0.4, 0.5) is 0 Å². The lowest BCUT2D eigenvalue weighted by Gasteiger charge is -2.08. The van der Waals surface area contributed by atoms with Crippen LogP contribution in [-0.2, 0) is 12.2 Å². The second-order valence-corrected chi connectivity index (χ2v) is 6.18. The van der Waals surface area contributed by atoms with Crippen LogP contribution >= 0.6 is 11.8 Å². The van der Waals surface area contributed by atoms with E-state index < -0.39 is 0 Å². The molecule has 0 fully saturated rings. The number of hydrogen-bond donors (Lipinski definition) is 1. The Morgan fingerprint density at radius 3 is 2.79 bits per heavy atom. The van der Waals surface area contributed by atoms with E-state index in [2.05, 4.69) is 16.9 Å². The van der Waals surface area contributed by atoms with Crippen LogP contribution in [0, 0.1) is 0 Å². The van der Waals surface area contributed by atoms with Crippen LogP contribution in [0.25, 0.3) is 0 Å². The Kier molecular flexibility index (Phi) is 5.28. The molecule has 0 unspecified atom stereocenters. The zero-order chi connectivity index (χ0) is 16.8. The van der Waals surface area contributed by atoms with E-state index >= 15 is 0 Å². The van der Waals surface area contributed by atoms with Gasteiger partial charge in [0.25, 0.3) is 0 Å².